The lowest BCUT2D eigenvalue weighted by molar-refractivity contribution is -0.297. The maximum absolute atomic E-state index is 12.9. The topological polar surface area (TPSA) is 186 Å². The van der Waals surface area contributed by atoms with Gasteiger partial charge >= 0.3 is 11.9 Å². The first-order valence-electron chi connectivity index (χ1n) is 29.2. The Hall–Kier alpha value is -1.61. The summed E-state index contributed by atoms with van der Waals surface area (Å²) in [5, 5.41) is 31.1. The molecule has 1 heterocycles. The fourth-order valence-electron chi connectivity index (χ4n) is 9.32. The summed E-state index contributed by atoms with van der Waals surface area (Å²) in [5.74, 6) is -1.96. The lowest BCUT2D eigenvalue weighted by Gasteiger charge is -2.40. The van der Waals surface area contributed by atoms with E-state index in [4.69, 9.17) is 18.9 Å². The predicted octanol–water partition coefficient (Wildman–Crippen LogP) is 14.1. The van der Waals surface area contributed by atoms with Crippen molar-refractivity contribution in [3.05, 3.63) is 12.2 Å². The molecule has 1 aliphatic heterocycles. The summed E-state index contributed by atoms with van der Waals surface area (Å²) in [6.07, 6.45) is 45.4. The quantitative estimate of drug-likeness (QED) is 0.0196. The molecule has 0 amide bonds. The molecule has 0 bridgehead atoms. The Labute approximate surface area is 428 Å². The normalized spacial score (nSPS) is 19.0. The molecule has 4 N–H and O–H groups in total. The van der Waals surface area contributed by atoms with Crippen LogP contribution in [0, 0.1) is 0 Å². The van der Waals surface area contributed by atoms with E-state index in [0.717, 1.165) is 38.5 Å². The number of unbranched alkanes of at least 4 members (excludes halogenated alkanes) is 37. The van der Waals surface area contributed by atoms with Crippen molar-refractivity contribution in [2.45, 2.75) is 320 Å². The van der Waals surface area contributed by atoms with Crippen molar-refractivity contribution >= 4 is 22.1 Å². The minimum absolute atomic E-state index is 0.171. The number of hydrogen-bond donors (Lipinski definition) is 4. The first-order chi connectivity index (χ1) is 34.0. The summed E-state index contributed by atoms with van der Waals surface area (Å²) >= 11 is 0. The van der Waals surface area contributed by atoms with Crippen molar-refractivity contribution < 1.29 is 56.8 Å². The zero-order valence-electron chi connectivity index (χ0n) is 44.9. The van der Waals surface area contributed by atoms with Gasteiger partial charge in [-0.1, -0.05) is 244 Å². The maximum atomic E-state index is 12.9. The largest absolute Gasteiger partial charge is 0.462 e. The van der Waals surface area contributed by atoms with Crippen LogP contribution >= 0.6 is 0 Å². The molecule has 414 valence electrons. The first-order valence-corrected chi connectivity index (χ1v) is 30.9. The van der Waals surface area contributed by atoms with Gasteiger partial charge in [-0.15, -0.1) is 0 Å². The van der Waals surface area contributed by atoms with E-state index in [1.165, 1.54) is 205 Å². The van der Waals surface area contributed by atoms with Gasteiger partial charge in [0.25, 0.3) is 10.1 Å². The second kappa shape index (κ2) is 47.1. The van der Waals surface area contributed by atoms with Crippen molar-refractivity contribution in [3.63, 3.8) is 0 Å². The molecule has 70 heavy (non-hydrogen) atoms. The lowest BCUT2D eigenvalue weighted by Crippen LogP contribution is -2.60. The summed E-state index contributed by atoms with van der Waals surface area (Å²) in [7, 11) is -4.60. The summed E-state index contributed by atoms with van der Waals surface area (Å²) < 4.78 is 54.4. The van der Waals surface area contributed by atoms with Crippen molar-refractivity contribution in [1.82, 2.24) is 0 Å². The summed E-state index contributed by atoms with van der Waals surface area (Å²) in [6, 6.07) is 0. The molecule has 0 aromatic rings. The third-order valence-corrected chi connectivity index (χ3v) is 14.6. The Morgan fingerprint density at radius 3 is 1.19 bits per heavy atom. The molecule has 0 saturated carbocycles. The highest BCUT2D eigenvalue weighted by atomic mass is 32.2. The number of aliphatic hydroxyl groups is 3. The number of carbonyl (C=O) groups is 2. The minimum Gasteiger partial charge on any atom is -0.462 e. The molecular weight excluding hydrogens is 909 g/mol. The van der Waals surface area contributed by atoms with Crippen molar-refractivity contribution in [2.75, 3.05) is 19.0 Å². The van der Waals surface area contributed by atoms with E-state index in [9.17, 15) is 37.9 Å². The zero-order valence-corrected chi connectivity index (χ0v) is 45.7. The third kappa shape index (κ3) is 40.8. The van der Waals surface area contributed by atoms with Crippen molar-refractivity contribution in [3.8, 4) is 0 Å². The molecule has 0 spiro atoms. The van der Waals surface area contributed by atoms with Crippen LogP contribution in [0.5, 0.6) is 0 Å². The van der Waals surface area contributed by atoms with Gasteiger partial charge in [0.1, 0.15) is 36.8 Å². The second-order valence-electron chi connectivity index (χ2n) is 20.7. The van der Waals surface area contributed by atoms with Gasteiger partial charge in [-0.3, -0.25) is 14.1 Å². The van der Waals surface area contributed by atoms with Crippen LogP contribution in [0.15, 0.2) is 12.2 Å². The summed E-state index contributed by atoms with van der Waals surface area (Å²) in [6.45, 7) is 3.82. The molecule has 0 aromatic carbocycles. The second-order valence-corrected chi connectivity index (χ2v) is 22.2. The predicted molar refractivity (Wildman–Crippen MR) is 284 cm³/mol. The molecule has 1 rings (SSSR count). The highest BCUT2D eigenvalue weighted by molar-refractivity contribution is 7.85. The first kappa shape index (κ1) is 66.4. The highest BCUT2D eigenvalue weighted by Crippen LogP contribution is 2.24. The van der Waals surface area contributed by atoms with Gasteiger partial charge in [0, 0.05) is 12.8 Å². The Bertz CT molecular complexity index is 1330. The van der Waals surface area contributed by atoms with Gasteiger partial charge in [0.05, 0.1) is 6.61 Å². The molecule has 6 atom stereocenters. The van der Waals surface area contributed by atoms with Gasteiger partial charge in [-0.05, 0) is 38.5 Å². The number of allylic oxidation sites excluding steroid dienone is 2. The van der Waals surface area contributed by atoms with E-state index in [1.54, 1.807) is 0 Å². The fraction of sp³-hybridized carbons (Fsp3) is 0.930. The highest BCUT2D eigenvalue weighted by Gasteiger charge is 2.46. The zero-order chi connectivity index (χ0) is 51.2. The molecule has 0 radical (unpaired) electrons. The van der Waals surface area contributed by atoms with E-state index in [-0.39, 0.29) is 19.4 Å². The smallest absolute Gasteiger partial charge is 0.306 e. The number of hydrogen-bond acceptors (Lipinski definition) is 11. The van der Waals surface area contributed by atoms with Crippen LogP contribution in [-0.2, 0) is 38.7 Å². The number of ether oxygens (including phenoxy) is 4. The van der Waals surface area contributed by atoms with E-state index < -0.39 is 71.2 Å². The molecule has 0 aromatic heterocycles. The molecule has 2 unspecified atom stereocenters. The molecular formula is C57H108O12S. The van der Waals surface area contributed by atoms with Gasteiger partial charge in [0.2, 0.25) is 0 Å². The SMILES string of the molecule is CCCCCCCC/C=C/CCCCCCCCCCCC(=O)OC[C@H](CO[C@H]1O[C@H](CS(=O)(=O)O)[C@@H](O)C(O)C1O)OC(=O)CCCCCCCCCCCCCCCCCCCCCCCCC. The van der Waals surface area contributed by atoms with Crippen molar-refractivity contribution in [1.29, 1.82) is 0 Å². The molecule has 1 fully saturated rings. The third-order valence-electron chi connectivity index (χ3n) is 13.8. The monoisotopic (exact) mass is 1020 g/mol. The van der Waals surface area contributed by atoms with Crippen LogP contribution in [-0.4, -0.2) is 96.0 Å². The summed E-state index contributed by atoms with van der Waals surface area (Å²) in [5.41, 5.74) is 0. The Balaban J connectivity index is 2.29. The van der Waals surface area contributed by atoms with Crippen LogP contribution in [0.25, 0.3) is 0 Å². The number of rotatable bonds is 51. The minimum atomic E-state index is -4.60. The van der Waals surface area contributed by atoms with Gasteiger partial charge in [-0.25, -0.2) is 0 Å². The molecule has 13 heteroatoms. The number of aliphatic hydroxyl groups excluding tert-OH is 3. The molecule has 1 saturated heterocycles. The average molecular weight is 1020 g/mol. The number of esters is 2. The molecule has 12 nitrogen and oxygen atoms in total. The van der Waals surface area contributed by atoms with Gasteiger partial charge in [-0.2, -0.15) is 8.42 Å². The van der Waals surface area contributed by atoms with Gasteiger partial charge < -0.3 is 34.3 Å². The van der Waals surface area contributed by atoms with Gasteiger partial charge in [0.15, 0.2) is 12.4 Å². The standard InChI is InChI=1S/C57H108O12S/c1-3-5-7-9-11-13-15-17-19-21-23-24-25-26-28-30-32-34-36-38-40-42-44-46-53(59)68-50(48-67-57-56(62)55(61)54(60)51(69-57)49-70(63,64)65)47-66-52(58)45-43-41-39-37-35-33-31-29-27-22-20-18-16-14-12-10-8-6-4-2/h18,20,50-51,54-57,60-62H,3-17,19,21-49H2,1-2H3,(H,63,64,65)/b20-18+/t50-,51-,54-,55?,56?,57+/m1/s1. The lowest BCUT2D eigenvalue weighted by atomic mass is 10.00. The molecule has 1 aliphatic rings. The Kier molecular flexibility index (Phi) is 44.7. The average Bonchev–Trinajstić information content (AvgIpc) is 3.33. The fourth-order valence-corrected chi connectivity index (χ4v) is 10.0. The van der Waals surface area contributed by atoms with Crippen LogP contribution in [0.1, 0.15) is 284 Å². The van der Waals surface area contributed by atoms with E-state index in [2.05, 4.69) is 26.0 Å². The van der Waals surface area contributed by atoms with Crippen LogP contribution in [0.3, 0.4) is 0 Å². The van der Waals surface area contributed by atoms with Crippen LogP contribution < -0.4 is 0 Å². The Morgan fingerprint density at radius 1 is 0.471 bits per heavy atom. The maximum Gasteiger partial charge on any atom is 0.306 e. The number of carbonyl (C=O) groups excluding carboxylic acids is 2. The van der Waals surface area contributed by atoms with E-state index >= 15 is 0 Å². The Morgan fingerprint density at radius 2 is 0.814 bits per heavy atom. The van der Waals surface area contributed by atoms with Crippen LogP contribution in [0.2, 0.25) is 0 Å². The van der Waals surface area contributed by atoms with Crippen LogP contribution in [0.4, 0.5) is 0 Å². The molecule has 0 aliphatic carbocycles. The van der Waals surface area contributed by atoms with Crippen molar-refractivity contribution in [2.24, 2.45) is 0 Å². The van der Waals surface area contributed by atoms with E-state index in [1.807, 2.05) is 0 Å². The summed E-state index contributed by atoms with van der Waals surface area (Å²) in [4.78, 5) is 25.6. The van der Waals surface area contributed by atoms with E-state index in [0.29, 0.717) is 12.8 Å².